The van der Waals surface area contributed by atoms with E-state index in [2.05, 4.69) is 29.7 Å². The minimum absolute atomic E-state index is 0.227. The lowest BCUT2D eigenvalue weighted by molar-refractivity contribution is -0.141. The molecule has 28 heavy (non-hydrogen) atoms. The topological polar surface area (TPSA) is 81.7 Å². The first-order valence-corrected chi connectivity index (χ1v) is 10.7. The molecule has 3 heterocycles. The third-order valence-electron chi connectivity index (χ3n) is 6.61. The number of imide groups is 1. The lowest BCUT2D eigenvalue weighted by atomic mass is 9.87. The van der Waals surface area contributed by atoms with Crippen molar-refractivity contribution in [1.82, 2.24) is 15.5 Å². The smallest absolute Gasteiger partial charge is 0.244 e. The number of unbranched alkanes of at least 4 members (excludes halogenated alkanes) is 1. The fourth-order valence-corrected chi connectivity index (χ4v) is 4.91. The zero-order chi connectivity index (χ0) is 19.7. The second-order valence-electron chi connectivity index (χ2n) is 8.52. The molecule has 4 rings (SSSR count). The molecule has 0 saturated carbocycles. The molecule has 6 heteroatoms. The van der Waals surface area contributed by atoms with Gasteiger partial charge in [0, 0.05) is 19.0 Å². The van der Waals surface area contributed by atoms with Crippen LogP contribution in [0.1, 0.15) is 80.8 Å². The fourth-order valence-electron chi connectivity index (χ4n) is 4.91. The van der Waals surface area contributed by atoms with Gasteiger partial charge >= 0.3 is 0 Å². The standard InChI is InChI=1S/C22H31N3O3/c1-2-3-4-14-5-8-18(23-12-14)15-6-7-17-16(11-15)13-25(22(17)28)19-9-10-20(26)24-21(19)27/h6-7,11,14,18-19,22-23,28H,2-5,8-10,12-13H2,1H3,(H,24,26,27). The molecular weight excluding hydrogens is 354 g/mol. The summed E-state index contributed by atoms with van der Waals surface area (Å²) in [6.45, 7) is 3.87. The number of hydrogen-bond acceptors (Lipinski definition) is 5. The van der Waals surface area contributed by atoms with Crippen LogP contribution in [0.3, 0.4) is 0 Å². The van der Waals surface area contributed by atoms with Crippen molar-refractivity contribution in [2.75, 3.05) is 6.54 Å². The Morgan fingerprint density at radius 1 is 1.21 bits per heavy atom. The lowest BCUT2D eigenvalue weighted by Gasteiger charge is -2.31. The number of piperidine rings is 2. The fraction of sp³-hybridized carbons (Fsp3) is 0.636. The zero-order valence-electron chi connectivity index (χ0n) is 16.6. The Hall–Kier alpha value is -1.76. The number of carbonyl (C=O) groups is 2. The number of rotatable bonds is 5. The molecule has 2 saturated heterocycles. The number of carbonyl (C=O) groups excluding carboxylic acids is 2. The van der Waals surface area contributed by atoms with E-state index >= 15 is 0 Å². The molecule has 152 valence electrons. The first kappa shape index (κ1) is 19.6. The van der Waals surface area contributed by atoms with E-state index in [1.807, 2.05) is 11.0 Å². The molecule has 1 aromatic carbocycles. The highest BCUT2D eigenvalue weighted by atomic mass is 16.3. The Labute approximate surface area is 166 Å². The number of aliphatic hydroxyl groups is 1. The van der Waals surface area contributed by atoms with Gasteiger partial charge in [-0.15, -0.1) is 0 Å². The SMILES string of the molecule is CCCCC1CCC(c2ccc3c(c2)CN(C2CCC(=O)NC2=O)C3O)NC1. The minimum atomic E-state index is -0.786. The first-order chi connectivity index (χ1) is 13.6. The molecule has 0 bridgehead atoms. The Morgan fingerprint density at radius 3 is 2.79 bits per heavy atom. The molecule has 4 atom stereocenters. The normalized spacial score (nSPS) is 30.9. The summed E-state index contributed by atoms with van der Waals surface area (Å²) in [5.74, 6) is 0.265. The zero-order valence-corrected chi connectivity index (χ0v) is 16.6. The molecule has 1 aromatic rings. The Morgan fingerprint density at radius 2 is 2.07 bits per heavy atom. The summed E-state index contributed by atoms with van der Waals surface area (Å²) < 4.78 is 0. The van der Waals surface area contributed by atoms with Crippen LogP contribution in [0.25, 0.3) is 0 Å². The summed E-state index contributed by atoms with van der Waals surface area (Å²) in [7, 11) is 0. The second-order valence-corrected chi connectivity index (χ2v) is 8.52. The first-order valence-electron chi connectivity index (χ1n) is 10.7. The number of fused-ring (bicyclic) bond motifs is 1. The highest BCUT2D eigenvalue weighted by molar-refractivity contribution is 6.00. The van der Waals surface area contributed by atoms with Gasteiger partial charge in [0.1, 0.15) is 6.23 Å². The number of benzene rings is 1. The summed E-state index contributed by atoms with van der Waals surface area (Å²) in [5, 5.41) is 16.8. The number of hydrogen-bond donors (Lipinski definition) is 3. The molecule has 4 unspecified atom stereocenters. The van der Waals surface area contributed by atoms with Crippen LogP contribution in [0.5, 0.6) is 0 Å². The molecule has 3 aliphatic rings. The molecule has 2 fully saturated rings. The highest BCUT2D eigenvalue weighted by Gasteiger charge is 2.39. The van der Waals surface area contributed by atoms with Gasteiger partial charge < -0.3 is 10.4 Å². The van der Waals surface area contributed by atoms with Gasteiger partial charge in [-0.05, 0) is 54.8 Å². The van der Waals surface area contributed by atoms with E-state index in [0.29, 0.717) is 25.4 Å². The summed E-state index contributed by atoms with van der Waals surface area (Å²) in [6, 6.07) is 6.22. The predicted octanol–water partition coefficient (Wildman–Crippen LogP) is 2.53. The van der Waals surface area contributed by atoms with Gasteiger partial charge in [0.25, 0.3) is 0 Å². The van der Waals surface area contributed by atoms with Gasteiger partial charge in [-0.1, -0.05) is 38.0 Å². The van der Waals surface area contributed by atoms with E-state index < -0.39 is 12.3 Å². The van der Waals surface area contributed by atoms with Crippen molar-refractivity contribution in [1.29, 1.82) is 0 Å². The summed E-state index contributed by atoms with van der Waals surface area (Å²) in [4.78, 5) is 25.4. The molecule has 2 amide bonds. The van der Waals surface area contributed by atoms with Crippen LogP contribution < -0.4 is 10.6 Å². The van der Waals surface area contributed by atoms with Crippen LogP contribution in [0.15, 0.2) is 18.2 Å². The lowest BCUT2D eigenvalue weighted by Crippen LogP contribution is -2.51. The summed E-state index contributed by atoms with van der Waals surface area (Å²) >= 11 is 0. The van der Waals surface area contributed by atoms with Crippen LogP contribution in [-0.2, 0) is 16.1 Å². The van der Waals surface area contributed by atoms with E-state index in [1.165, 1.54) is 31.2 Å². The largest absolute Gasteiger partial charge is 0.374 e. The Balaban J connectivity index is 1.42. The number of nitrogens with zero attached hydrogens (tertiary/aromatic N) is 1. The van der Waals surface area contributed by atoms with E-state index in [0.717, 1.165) is 30.0 Å². The van der Waals surface area contributed by atoms with Gasteiger partial charge in [0.2, 0.25) is 11.8 Å². The quantitative estimate of drug-likeness (QED) is 0.679. The van der Waals surface area contributed by atoms with E-state index in [9.17, 15) is 14.7 Å². The van der Waals surface area contributed by atoms with Gasteiger partial charge in [-0.25, -0.2) is 0 Å². The molecular formula is C22H31N3O3. The summed E-state index contributed by atoms with van der Waals surface area (Å²) in [5.41, 5.74) is 3.24. The van der Waals surface area contributed by atoms with Crippen LogP contribution in [-0.4, -0.2) is 34.4 Å². The molecule has 6 nitrogen and oxygen atoms in total. The van der Waals surface area contributed by atoms with Gasteiger partial charge in [-0.2, -0.15) is 0 Å². The van der Waals surface area contributed by atoms with Crippen molar-refractivity contribution in [3.8, 4) is 0 Å². The van der Waals surface area contributed by atoms with Gasteiger partial charge in [0.15, 0.2) is 0 Å². The number of aliphatic hydroxyl groups excluding tert-OH is 1. The Bertz CT molecular complexity index is 743. The van der Waals surface area contributed by atoms with Crippen molar-refractivity contribution < 1.29 is 14.7 Å². The predicted molar refractivity (Wildman–Crippen MR) is 106 cm³/mol. The van der Waals surface area contributed by atoms with Crippen molar-refractivity contribution in [2.24, 2.45) is 5.92 Å². The van der Waals surface area contributed by atoms with Crippen molar-refractivity contribution in [3.63, 3.8) is 0 Å². The molecule has 3 N–H and O–H groups in total. The maximum Gasteiger partial charge on any atom is 0.244 e. The average molecular weight is 386 g/mol. The molecule has 0 aromatic heterocycles. The second kappa shape index (κ2) is 8.31. The average Bonchev–Trinajstić information content (AvgIpc) is 3.02. The molecule has 0 aliphatic carbocycles. The monoisotopic (exact) mass is 385 g/mol. The number of amides is 2. The number of nitrogens with one attached hydrogen (secondary N) is 2. The van der Waals surface area contributed by atoms with Crippen LogP contribution in [0.4, 0.5) is 0 Å². The molecule has 0 radical (unpaired) electrons. The minimum Gasteiger partial charge on any atom is -0.374 e. The molecule has 3 aliphatic heterocycles. The van der Waals surface area contributed by atoms with Crippen molar-refractivity contribution in [3.05, 3.63) is 34.9 Å². The highest BCUT2D eigenvalue weighted by Crippen LogP contribution is 2.37. The third kappa shape index (κ3) is 3.86. The third-order valence-corrected chi connectivity index (χ3v) is 6.61. The van der Waals surface area contributed by atoms with E-state index in [1.54, 1.807) is 0 Å². The van der Waals surface area contributed by atoms with E-state index in [-0.39, 0.29) is 11.8 Å². The van der Waals surface area contributed by atoms with Gasteiger partial charge in [0.05, 0.1) is 6.04 Å². The van der Waals surface area contributed by atoms with Crippen LogP contribution in [0, 0.1) is 5.92 Å². The molecule has 0 spiro atoms. The Kier molecular flexibility index (Phi) is 5.80. The van der Waals surface area contributed by atoms with Crippen LogP contribution in [0.2, 0.25) is 0 Å². The maximum atomic E-state index is 12.2. The van der Waals surface area contributed by atoms with Crippen molar-refractivity contribution >= 4 is 11.8 Å². The van der Waals surface area contributed by atoms with Gasteiger partial charge in [-0.3, -0.25) is 19.8 Å². The van der Waals surface area contributed by atoms with E-state index in [4.69, 9.17) is 0 Å². The summed E-state index contributed by atoms with van der Waals surface area (Å²) in [6.07, 6.45) is 6.30. The van der Waals surface area contributed by atoms with Crippen LogP contribution >= 0.6 is 0 Å². The maximum absolute atomic E-state index is 12.2. The van der Waals surface area contributed by atoms with Crippen molar-refractivity contribution in [2.45, 2.75) is 76.7 Å².